The highest BCUT2D eigenvalue weighted by molar-refractivity contribution is 7.99. The summed E-state index contributed by atoms with van der Waals surface area (Å²) in [4.78, 5) is 4.37. The highest BCUT2D eigenvalue weighted by Crippen LogP contribution is 2.34. The fourth-order valence-corrected chi connectivity index (χ4v) is 4.01. The normalized spacial score (nSPS) is 32.9. The van der Waals surface area contributed by atoms with Crippen molar-refractivity contribution in [2.45, 2.75) is 42.8 Å². The van der Waals surface area contributed by atoms with Crippen LogP contribution < -0.4 is 5.32 Å². The molecule has 0 aliphatic carbocycles. The first-order valence-electron chi connectivity index (χ1n) is 6.22. The predicted octanol–water partition coefficient (Wildman–Crippen LogP) is 2.70. The third-order valence-electron chi connectivity index (χ3n) is 3.76. The molecule has 3 heteroatoms. The van der Waals surface area contributed by atoms with E-state index in [0.29, 0.717) is 0 Å². The lowest BCUT2D eigenvalue weighted by Gasteiger charge is -2.22. The summed E-state index contributed by atoms with van der Waals surface area (Å²) in [6.45, 7) is 0. The topological polar surface area (TPSA) is 24.9 Å². The number of fused-ring (bicyclic) bond motifs is 2. The number of pyridine rings is 1. The van der Waals surface area contributed by atoms with Gasteiger partial charge in [-0.2, -0.15) is 0 Å². The Hall–Kier alpha value is -0.540. The van der Waals surface area contributed by atoms with Crippen molar-refractivity contribution in [2.75, 3.05) is 5.75 Å². The second kappa shape index (κ2) is 4.76. The highest BCUT2D eigenvalue weighted by atomic mass is 32.2. The fourth-order valence-electron chi connectivity index (χ4n) is 2.95. The van der Waals surface area contributed by atoms with E-state index in [0.717, 1.165) is 18.0 Å². The van der Waals surface area contributed by atoms with Gasteiger partial charge in [-0.1, -0.05) is 12.5 Å². The zero-order valence-electron chi connectivity index (χ0n) is 9.43. The van der Waals surface area contributed by atoms with Crippen LogP contribution in [0.1, 0.15) is 25.7 Å². The Morgan fingerprint density at radius 1 is 1.38 bits per heavy atom. The molecule has 1 aromatic rings. The van der Waals surface area contributed by atoms with Gasteiger partial charge in [-0.3, -0.25) is 0 Å². The van der Waals surface area contributed by atoms with Gasteiger partial charge in [0.15, 0.2) is 0 Å². The molecule has 2 aliphatic heterocycles. The zero-order chi connectivity index (χ0) is 10.8. The summed E-state index contributed by atoms with van der Waals surface area (Å²) in [5.74, 6) is 2.09. The van der Waals surface area contributed by atoms with Gasteiger partial charge in [0.05, 0.1) is 5.03 Å². The minimum absolute atomic E-state index is 0.787. The summed E-state index contributed by atoms with van der Waals surface area (Å²) in [6, 6.07) is 7.76. The average molecular weight is 234 g/mol. The van der Waals surface area contributed by atoms with Crippen molar-refractivity contribution < 1.29 is 0 Å². The second-order valence-corrected chi connectivity index (χ2v) is 5.92. The maximum Gasteiger partial charge on any atom is 0.0959 e. The van der Waals surface area contributed by atoms with Gasteiger partial charge in [-0.05, 0) is 37.3 Å². The molecule has 3 heterocycles. The van der Waals surface area contributed by atoms with Crippen molar-refractivity contribution in [3.05, 3.63) is 24.4 Å². The molecule has 0 aromatic carbocycles. The van der Waals surface area contributed by atoms with Crippen LogP contribution in [0.5, 0.6) is 0 Å². The van der Waals surface area contributed by atoms with Crippen LogP contribution in [0.4, 0.5) is 0 Å². The van der Waals surface area contributed by atoms with Crippen LogP contribution in [-0.2, 0) is 0 Å². The summed E-state index contributed by atoms with van der Waals surface area (Å²) in [7, 11) is 0. The summed E-state index contributed by atoms with van der Waals surface area (Å²) < 4.78 is 0. The number of hydrogen-bond acceptors (Lipinski definition) is 3. The Balaban J connectivity index is 1.56. The number of nitrogens with zero attached hydrogens (tertiary/aromatic N) is 1. The van der Waals surface area contributed by atoms with Gasteiger partial charge in [0.25, 0.3) is 0 Å². The lowest BCUT2D eigenvalue weighted by Crippen LogP contribution is -2.35. The third kappa shape index (κ3) is 2.25. The van der Waals surface area contributed by atoms with Crippen LogP contribution in [0.2, 0.25) is 0 Å². The first-order valence-corrected chi connectivity index (χ1v) is 7.20. The van der Waals surface area contributed by atoms with E-state index in [1.807, 2.05) is 24.0 Å². The van der Waals surface area contributed by atoms with E-state index < -0.39 is 0 Å². The standard InChI is InChI=1S/C13H18N2S/c1-2-7-14-13(6-1)16-9-10-8-11-4-3-5-12(10)15-11/h1-2,6-7,10-12,15H,3-5,8-9H2/t10-,11?,12?/m0/s1. The van der Waals surface area contributed by atoms with Gasteiger partial charge in [0.2, 0.25) is 0 Å². The van der Waals surface area contributed by atoms with E-state index in [4.69, 9.17) is 0 Å². The molecule has 3 rings (SSSR count). The molecule has 0 saturated carbocycles. The molecule has 0 radical (unpaired) electrons. The molecule has 2 fully saturated rings. The zero-order valence-corrected chi connectivity index (χ0v) is 10.2. The van der Waals surface area contributed by atoms with E-state index in [2.05, 4.69) is 22.4 Å². The minimum atomic E-state index is 0.787. The first-order chi connectivity index (χ1) is 7.92. The van der Waals surface area contributed by atoms with E-state index in [1.165, 1.54) is 36.5 Å². The molecule has 3 atom stereocenters. The number of nitrogens with one attached hydrogen (secondary N) is 1. The maximum absolute atomic E-state index is 4.37. The van der Waals surface area contributed by atoms with Gasteiger partial charge < -0.3 is 5.32 Å². The summed E-state index contributed by atoms with van der Waals surface area (Å²) in [5.41, 5.74) is 0. The van der Waals surface area contributed by atoms with E-state index >= 15 is 0 Å². The summed E-state index contributed by atoms with van der Waals surface area (Å²) in [6.07, 6.45) is 7.45. The Labute approximate surface area is 101 Å². The SMILES string of the molecule is c1ccc(SC[C@@H]2CC3CCCC2N3)nc1. The van der Waals surface area contributed by atoms with E-state index in [-0.39, 0.29) is 0 Å². The maximum atomic E-state index is 4.37. The fraction of sp³-hybridized carbons (Fsp3) is 0.615. The Bertz CT molecular complexity index is 341. The van der Waals surface area contributed by atoms with Crippen molar-refractivity contribution >= 4 is 11.8 Å². The molecule has 1 aromatic heterocycles. The second-order valence-electron chi connectivity index (χ2n) is 4.88. The van der Waals surface area contributed by atoms with Crippen molar-refractivity contribution in [3.63, 3.8) is 0 Å². The number of piperidine rings is 1. The molecule has 2 saturated heterocycles. The minimum Gasteiger partial charge on any atom is -0.311 e. The van der Waals surface area contributed by atoms with Crippen LogP contribution in [0, 0.1) is 5.92 Å². The molecule has 0 spiro atoms. The van der Waals surface area contributed by atoms with Gasteiger partial charge >= 0.3 is 0 Å². The molecular weight excluding hydrogens is 216 g/mol. The van der Waals surface area contributed by atoms with Crippen molar-refractivity contribution in [2.24, 2.45) is 5.92 Å². The molecule has 2 bridgehead atoms. The van der Waals surface area contributed by atoms with Gasteiger partial charge in [-0.25, -0.2) is 4.98 Å². The van der Waals surface area contributed by atoms with Gasteiger partial charge in [-0.15, -0.1) is 11.8 Å². The molecule has 0 amide bonds. The van der Waals surface area contributed by atoms with Gasteiger partial charge in [0, 0.05) is 24.0 Å². The lowest BCUT2D eigenvalue weighted by atomic mass is 10.0. The Morgan fingerprint density at radius 2 is 2.38 bits per heavy atom. The average Bonchev–Trinajstić information content (AvgIpc) is 2.63. The van der Waals surface area contributed by atoms with Gasteiger partial charge in [0.1, 0.15) is 0 Å². The van der Waals surface area contributed by atoms with Crippen molar-refractivity contribution in [1.82, 2.24) is 10.3 Å². The smallest absolute Gasteiger partial charge is 0.0959 e. The van der Waals surface area contributed by atoms with Crippen LogP contribution in [0.3, 0.4) is 0 Å². The van der Waals surface area contributed by atoms with E-state index in [9.17, 15) is 0 Å². The van der Waals surface area contributed by atoms with Crippen LogP contribution in [0.15, 0.2) is 29.4 Å². The molecule has 2 aliphatic rings. The van der Waals surface area contributed by atoms with Crippen LogP contribution in [-0.4, -0.2) is 22.8 Å². The number of rotatable bonds is 3. The Kier molecular flexibility index (Phi) is 3.15. The predicted molar refractivity (Wildman–Crippen MR) is 67.6 cm³/mol. The van der Waals surface area contributed by atoms with Crippen LogP contribution in [0.25, 0.3) is 0 Å². The molecule has 16 heavy (non-hydrogen) atoms. The van der Waals surface area contributed by atoms with E-state index in [1.54, 1.807) is 0 Å². The van der Waals surface area contributed by atoms with Crippen molar-refractivity contribution in [3.8, 4) is 0 Å². The van der Waals surface area contributed by atoms with Crippen LogP contribution >= 0.6 is 11.8 Å². The third-order valence-corrected chi connectivity index (χ3v) is 4.89. The number of hydrogen-bond donors (Lipinski definition) is 1. The first kappa shape index (κ1) is 10.6. The Morgan fingerprint density at radius 3 is 3.19 bits per heavy atom. The highest BCUT2D eigenvalue weighted by Gasteiger charge is 2.35. The number of aromatic nitrogens is 1. The molecule has 2 unspecified atom stereocenters. The summed E-state index contributed by atoms with van der Waals surface area (Å²) >= 11 is 1.92. The lowest BCUT2D eigenvalue weighted by molar-refractivity contribution is 0.385. The molecule has 1 N–H and O–H groups in total. The largest absolute Gasteiger partial charge is 0.311 e. The molecule has 2 nitrogen and oxygen atoms in total. The monoisotopic (exact) mass is 234 g/mol. The quantitative estimate of drug-likeness (QED) is 0.814. The summed E-state index contributed by atoms with van der Waals surface area (Å²) in [5, 5.41) is 4.91. The van der Waals surface area contributed by atoms with Crippen molar-refractivity contribution in [1.29, 1.82) is 0 Å². The molecule has 86 valence electrons. The number of thioether (sulfide) groups is 1. The molecular formula is C13H18N2S.